The predicted molar refractivity (Wildman–Crippen MR) is 119 cm³/mol. The third-order valence-corrected chi connectivity index (χ3v) is 4.91. The molecule has 0 bridgehead atoms. The first-order chi connectivity index (χ1) is 15.9. The third kappa shape index (κ3) is 5.89. The van der Waals surface area contributed by atoms with Crippen LogP contribution in [0.25, 0.3) is 0 Å². The maximum Gasteiger partial charge on any atom is 0.418 e. The molecule has 1 aliphatic heterocycles. The van der Waals surface area contributed by atoms with Crippen LogP contribution in [0.2, 0.25) is 0 Å². The molecule has 33 heavy (non-hydrogen) atoms. The molecule has 0 radical (unpaired) electrons. The molecule has 1 aromatic heterocycles. The minimum atomic E-state index is -4.57. The van der Waals surface area contributed by atoms with Crippen LogP contribution < -0.4 is 20.9 Å². The molecule has 1 fully saturated rings. The normalized spacial score (nSPS) is 14.0. The van der Waals surface area contributed by atoms with E-state index in [0.717, 1.165) is 24.8 Å². The average Bonchev–Trinajstić information content (AvgIpc) is 2.81. The van der Waals surface area contributed by atoms with Gasteiger partial charge in [0.25, 0.3) is 0 Å². The Morgan fingerprint density at radius 2 is 1.67 bits per heavy atom. The quantitative estimate of drug-likeness (QED) is 0.513. The van der Waals surface area contributed by atoms with Crippen LogP contribution in [-0.2, 0) is 10.9 Å². The monoisotopic (exact) mass is 458 g/mol. The van der Waals surface area contributed by atoms with Crippen LogP contribution in [0.1, 0.15) is 5.56 Å². The molecule has 1 aliphatic rings. The molecule has 172 valence electrons. The number of aromatic nitrogens is 2. The zero-order valence-electron chi connectivity index (χ0n) is 17.4. The van der Waals surface area contributed by atoms with E-state index in [2.05, 4.69) is 31.0 Å². The number of nitrogens with zero attached hydrogens (tertiary/aromatic N) is 3. The van der Waals surface area contributed by atoms with Gasteiger partial charge in [-0.3, -0.25) is 0 Å². The smallest absolute Gasteiger partial charge is 0.378 e. The topological polar surface area (TPSA) is 91.4 Å². The van der Waals surface area contributed by atoms with E-state index in [9.17, 15) is 18.0 Å². The van der Waals surface area contributed by atoms with E-state index in [0.29, 0.717) is 30.4 Å². The van der Waals surface area contributed by atoms with E-state index >= 15 is 0 Å². The summed E-state index contributed by atoms with van der Waals surface area (Å²) in [4.78, 5) is 14.3. The van der Waals surface area contributed by atoms with E-state index in [1.165, 1.54) is 18.2 Å². The summed E-state index contributed by atoms with van der Waals surface area (Å²) in [6.07, 6.45) is -2.88. The van der Waals surface area contributed by atoms with Crippen molar-refractivity contribution in [3.8, 4) is 0 Å². The number of hydrogen-bond donors (Lipinski definition) is 3. The number of rotatable bonds is 5. The summed E-state index contributed by atoms with van der Waals surface area (Å²) < 4.78 is 44.6. The Bertz CT molecular complexity index is 1100. The number of morpholine rings is 1. The molecular weight excluding hydrogens is 437 g/mol. The second kappa shape index (κ2) is 9.74. The van der Waals surface area contributed by atoms with Gasteiger partial charge in [-0.1, -0.05) is 12.1 Å². The van der Waals surface area contributed by atoms with Crippen molar-refractivity contribution in [1.29, 1.82) is 0 Å². The molecule has 0 saturated carbocycles. The molecule has 0 spiro atoms. The summed E-state index contributed by atoms with van der Waals surface area (Å²) in [6, 6.07) is 12.6. The highest BCUT2D eigenvalue weighted by Gasteiger charge is 2.33. The minimum Gasteiger partial charge on any atom is -0.378 e. The highest BCUT2D eigenvalue weighted by molar-refractivity contribution is 6.00. The van der Waals surface area contributed by atoms with Crippen LogP contribution in [0.3, 0.4) is 0 Å². The van der Waals surface area contributed by atoms with Crippen molar-refractivity contribution in [3.05, 3.63) is 66.4 Å². The first kappa shape index (κ1) is 22.3. The van der Waals surface area contributed by atoms with Gasteiger partial charge in [0.05, 0.1) is 36.3 Å². The molecule has 8 nitrogen and oxygen atoms in total. The summed E-state index contributed by atoms with van der Waals surface area (Å²) >= 11 is 0. The predicted octanol–water partition coefficient (Wildman–Crippen LogP) is 4.72. The van der Waals surface area contributed by atoms with Crippen LogP contribution in [0.4, 0.5) is 46.5 Å². The Kier molecular flexibility index (Phi) is 6.59. The third-order valence-electron chi connectivity index (χ3n) is 4.91. The zero-order valence-corrected chi connectivity index (χ0v) is 17.4. The van der Waals surface area contributed by atoms with E-state index < -0.39 is 17.8 Å². The Hall–Kier alpha value is -3.86. The number of anilines is 5. The van der Waals surface area contributed by atoms with Gasteiger partial charge < -0.3 is 25.6 Å². The maximum atomic E-state index is 13.1. The lowest BCUT2D eigenvalue weighted by molar-refractivity contribution is -0.136. The van der Waals surface area contributed by atoms with Crippen molar-refractivity contribution >= 4 is 34.6 Å². The van der Waals surface area contributed by atoms with Crippen LogP contribution in [0.15, 0.2) is 60.8 Å². The Morgan fingerprint density at radius 1 is 0.970 bits per heavy atom. The number of carbonyl (C=O) groups excluding carboxylic acids is 1. The highest BCUT2D eigenvalue weighted by atomic mass is 19.4. The number of benzene rings is 2. The first-order valence-corrected chi connectivity index (χ1v) is 10.2. The highest BCUT2D eigenvalue weighted by Crippen LogP contribution is 2.34. The number of para-hydroxylation sites is 1. The van der Waals surface area contributed by atoms with Crippen LogP contribution in [0.5, 0.6) is 0 Å². The number of ether oxygens (including phenoxy) is 1. The largest absolute Gasteiger partial charge is 0.418 e. The second-order valence-corrected chi connectivity index (χ2v) is 7.22. The van der Waals surface area contributed by atoms with Crippen molar-refractivity contribution in [1.82, 2.24) is 10.2 Å². The van der Waals surface area contributed by atoms with Gasteiger partial charge in [0.2, 0.25) is 0 Å². The number of amides is 2. The lowest BCUT2D eigenvalue weighted by Gasteiger charge is -2.28. The molecule has 1 saturated heterocycles. The van der Waals surface area contributed by atoms with Crippen LogP contribution in [-0.4, -0.2) is 42.5 Å². The molecule has 0 atom stereocenters. The molecule has 2 amide bonds. The summed E-state index contributed by atoms with van der Waals surface area (Å²) in [5, 5.41) is 16.0. The molecular formula is C22H21F3N6O2. The Morgan fingerprint density at radius 3 is 2.39 bits per heavy atom. The molecule has 0 aliphatic carbocycles. The zero-order chi connectivity index (χ0) is 23.3. The number of halogens is 3. The van der Waals surface area contributed by atoms with Crippen LogP contribution in [0, 0.1) is 0 Å². The van der Waals surface area contributed by atoms with Crippen molar-refractivity contribution < 1.29 is 22.7 Å². The van der Waals surface area contributed by atoms with Crippen molar-refractivity contribution in [2.45, 2.75) is 6.18 Å². The number of hydrogen-bond acceptors (Lipinski definition) is 6. The van der Waals surface area contributed by atoms with Crippen molar-refractivity contribution in [2.24, 2.45) is 0 Å². The molecule has 2 heterocycles. The number of alkyl halides is 3. The summed E-state index contributed by atoms with van der Waals surface area (Å²) in [5.41, 5.74) is 0.817. The summed E-state index contributed by atoms with van der Waals surface area (Å²) in [7, 11) is 0. The Balaban J connectivity index is 1.37. The molecule has 4 rings (SSSR count). The van der Waals surface area contributed by atoms with Gasteiger partial charge in [0.15, 0.2) is 5.82 Å². The average molecular weight is 458 g/mol. The SMILES string of the molecule is O=C(Nc1ccc(Nc2cc(N3CCOCC3)cnn2)cc1)Nc1ccccc1C(F)(F)F. The minimum absolute atomic E-state index is 0.320. The van der Waals surface area contributed by atoms with E-state index in [4.69, 9.17) is 4.74 Å². The first-order valence-electron chi connectivity index (χ1n) is 10.2. The molecule has 0 unspecified atom stereocenters. The fraction of sp³-hybridized carbons (Fsp3) is 0.227. The lowest BCUT2D eigenvalue weighted by atomic mass is 10.1. The fourth-order valence-corrected chi connectivity index (χ4v) is 3.32. The fourth-order valence-electron chi connectivity index (χ4n) is 3.32. The Labute approximate surface area is 187 Å². The van der Waals surface area contributed by atoms with Crippen molar-refractivity contribution in [2.75, 3.05) is 47.2 Å². The van der Waals surface area contributed by atoms with Gasteiger partial charge in [-0.05, 0) is 36.4 Å². The number of urea groups is 1. The van der Waals surface area contributed by atoms with Gasteiger partial charge >= 0.3 is 12.2 Å². The van der Waals surface area contributed by atoms with Crippen LogP contribution >= 0.6 is 0 Å². The van der Waals surface area contributed by atoms with Gasteiger partial charge in [-0.2, -0.15) is 18.3 Å². The summed E-state index contributed by atoms with van der Waals surface area (Å²) in [6.45, 7) is 2.88. The van der Waals surface area contributed by atoms with E-state index in [-0.39, 0.29) is 5.69 Å². The second-order valence-electron chi connectivity index (χ2n) is 7.22. The number of carbonyl (C=O) groups is 1. The summed E-state index contributed by atoms with van der Waals surface area (Å²) in [5.74, 6) is 0.557. The van der Waals surface area contributed by atoms with E-state index in [1.807, 2.05) is 6.07 Å². The van der Waals surface area contributed by atoms with E-state index in [1.54, 1.807) is 30.5 Å². The molecule has 3 aromatic rings. The maximum absolute atomic E-state index is 13.1. The van der Waals surface area contributed by atoms with Gasteiger partial charge in [-0.25, -0.2) is 4.79 Å². The van der Waals surface area contributed by atoms with Crippen molar-refractivity contribution in [3.63, 3.8) is 0 Å². The molecule has 2 aromatic carbocycles. The molecule has 3 N–H and O–H groups in total. The van der Waals surface area contributed by atoms with Gasteiger partial charge in [0.1, 0.15) is 0 Å². The van der Waals surface area contributed by atoms with Gasteiger partial charge in [-0.15, -0.1) is 5.10 Å². The number of nitrogens with one attached hydrogen (secondary N) is 3. The lowest BCUT2D eigenvalue weighted by Crippen LogP contribution is -2.36. The van der Waals surface area contributed by atoms with Gasteiger partial charge in [0, 0.05) is 30.5 Å². The molecule has 11 heteroatoms. The standard InChI is InChI=1S/C22H21F3N6O2/c23-22(24,25)18-3-1-2-4-19(18)29-21(32)28-16-7-5-15(6-8-16)27-20-13-17(14-26-30-20)31-9-11-33-12-10-31/h1-8,13-14H,9-12H2,(H,27,30)(H2,28,29,32).